The quantitative estimate of drug-likeness (QED) is 0.896. The molecule has 0 amide bonds. The maximum atomic E-state index is 9.60. The summed E-state index contributed by atoms with van der Waals surface area (Å²) < 4.78 is 5.00. The van der Waals surface area contributed by atoms with Crippen molar-refractivity contribution in [3.05, 3.63) is 29.8 Å². The normalized spacial score (nSPS) is 23.3. The van der Waals surface area contributed by atoms with Crippen molar-refractivity contribution >= 4 is 0 Å². The predicted molar refractivity (Wildman–Crippen MR) is 97.0 cm³/mol. The lowest BCUT2D eigenvalue weighted by molar-refractivity contribution is -0.00631. The monoisotopic (exact) mass is 325 g/mol. The molecule has 1 aromatic carbocycles. The molecule has 0 saturated heterocycles. The zero-order chi connectivity index (χ0) is 17.8. The Morgan fingerprint density at radius 3 is 2.26 bits per heavy atom. The standard InChI is InChI=1S/C9H19NO2.C8H10O.C2H6/c1-10(2)6-7-3-4-8(11)5-9(7)12;1-7-4-3-5-8(6-7)9-2;1-2/h7-9,11-12H,3-6H2,1-2H3;3-6H,1-2H3;1-2H3/t7-,8-,9-;;/m1../s1. The number of ether oxygens (including phenoxy) is 1. The average Bonchev–Trinajstić information content (AvgIpc) is 2.52. The molecule has 0 spiro atoms. The molecule has 4 nitrogen and oxygen atoms in total. The molecule has 1 aromatic rings. The highest BCUT2D eigenvalue weighted by atomic mass is 16.5. The number of nitrogens with zero attached hydrogens (tertiary/aromatic N) is 1. The molecule has 4 heteroatoms. The van der Waals surface area contributed by atoms with Gasteiger partial charge in [-0.1, -0.05) is 26.0 Å². The fourth-order valence-electron chi connectivity index (χ4n) is 2.61. The van der Waals surface area contributed by atoms with Crippen LogP contribution in [0, 0.1) is 12.8 Å². The van der Waals surface area contributed by atoms with Crippen molar-refractivity contribution < 1.29 is 14.9 Å². The van der Waals surface area contributed by atoms with Crippen LogP contribution in [-0.4, -0.2) is 55.1 Å². The van der Waals surface area contributed by atoms with Gasteiger partial charge < -0.3 is 19.8 Å². The molecule has 2 rings (SSSR count). The zero-order valence-corrected chi connectivity index (χ0v) is 15.6. The summed E-state index contributed by atoms with van der Waals surface area (Å²) in [6.45, 7) is 6.97. The first-order valence-electron chi connectivity index (χ1n) is 8.54. The minimum Gasteiger partial charge on any atom is -0.497 e. The van der Waals surface area contributed by atoms with Gasteiger partial charge in [0.05, 0.1) is 19.3 Å². The second-order valence-corrected chi connectivity index (χ2v) is 6.08. The van der Waals surface area contributed by atoms with Gasteiger partial charge in [0.15, 0.2) is 0 Å². The van der Waals surface area contributed by atoms with Gasteiger partial charge in [0.25, 0.3) is 0 Å². The largest absolute Gasteiger partial charge is 0.497 e. The van der Waals surface area contributed by atoms with Crippen molar-refractivity contribution in [3.8, 4) is 5.75 Å². The van der Waals surface area contributed by atoms with Gasteiger partial charge in [-0.2, -0.15) is 0 Å². The molecule has 0 radical (unpaired) electrons. The van der Waals surface area contributed by atoms with E-state index >= 15 is 0 Å². The van der Waals surface area contributed by atoms with Gasteiger partial charge in [0.2, 0.25) is 0 Å². The van der Waals surface area contributed by atoms with E-state index < -0.39 is 0 Å². The Hall–Kier alpha value is -1.10. The van der Waals surface area contributed by atoms with Crippen molar-refractivity contribution in [1.29, 1.82) is 0 Å². The van der Waals surface area contributed by atoms with Crippen LogP contribution in [0.5, 0.6) is 5.75 Å². The molecule has 0 heterocycles. The lowest BCUT2D eigenvalue weighted by atomic mass is 9.84. The highest BCUT2D eigenvalue weighted by Gasteiger charge is 2.27. The first-order chi connectivity index (χ1) is 10.9. The third kappa shape index (κ3) is 9.59. The third-order valence-electron chi connectivity index (χ3n) is 3.75. The topological polar surface area (TPSA) is 52.9 Å². The Labute approximate surface area is 142 Å². The SMILES string of the molecule is CC.CN(C)C[C@H]1CC[C@@H](O)C[C@H]1O.COc1cccc(C)c1. The van der Waals surface area contributed by atoms with Crippen LogP contribution in [0.1, 0.15) is 38.7 Å². The Balaban J connectivity index is 0.000000392. The van der Waals surface area contributed by atoms with Crippen molar-refractivity contribution in [2.45, 2.75) is 52.2 Å². The van der Waals surface area contributed by atoms with Crippen LogP contribution in [-0.2, 0) is 0 Å². The van der Waals surface area contributed by atoms with Gasteiger partial charge in [-0.15, -0.1) is 0 Å². The molecule has 23 heavy (non-hydrogen) atoms. The summed E-state index contributed by atoms with van der Waals surface area (Å²) in [6.07, 6.45) is 1.75. The Morgan fingerprint density at radius 2 is 1.83 bits per heavy atom. The van der Waals surface area contributed by atoms with Gasteiger partial charge in [0, 0.05) is 6.54 Å². The first-order valence-corrected chi connectivity index (χ1v) is 8.54. The van der Waals surface area contributed by atoms with Gasteiger partial charge in [-0.25, -0.2) is 0 Å². The molecule has 134 valence electrons. The van der Waals surface area contributed by atoms with Crippen LogP contribution in [0.4, 0.5) is 0 Å². The molecule has 0 unspecified atom stereocenters. The highest BCUT2D eigenvalue weighted by Crippen LogP contribution is 2.24. The van der Waals surface area contributed by atoms with Crippen LogP contribution < -0.4 is 4.74 Å². The molecule has 0 aliphatic heterocycles. The maximum absolute atomic E-state index is 9.60. The first kappa shape index (κ1) is 21.9. The number of aliphatic hydroxyl groups excluding tert-OH is 2. The summed E-state index contributed by atoms with van der Waals surface area (Å²) in [4.78, 5) is 2.09. The van der Waals surface area contributed by atoms with E-state index in [9.17, 15) is 10.2 Å². The minimum atomic E-state index is -0.309. The fourth-order valence-corrected chi connectivity index (χ4v) is 2.61. The fraction of sp³-hybridized carbons (Fsp3) is 0.684. The van der Waals surface area contributed by atoms with E-state index in [0.717, 1.165) is 25.1 Å². The van der Waals surface area contributed by atoms with E-state index in [4.69, 9.17) is 4.74 Å². The average molecular weight is 325 g/mol. The van der Waals surface area contributed by atoms with Gasteiger partial charge in [0.1, 0.15) is 5.75 Å². The lowest BCUT2D eigenvalue weighted by Gasteiger charge is -2.32. The molecule has 1 aliphatic rings. The van der Waals surface area contributed by atoms with Gasteiger partial charge >= 0.3 is 0 Å². The predicted octanol–water partition coefficient (Wildman–Crippen LogP) is 3.10. The molecule has 2 N–H and O–H groups in total. The number of methoxy groups -OCH3 is 1. The van der Waals surface area contributed by atoms with Crippen LogP contribution in [0.15, 0.2) is 24.3 Å². The Kier molecular flexibility index (Phi) is 11.7. The summed E-state index contributed by atoms with van der Waals surface area (Å²) in [5.41, 5.74) is 1.23. The maximum Gasteiger partial charge on any atom is 0.119 e. The van der Waals surface area contributed by atoms with E-state index in [0.29, 0.717) is 12.3 Å². The summed E-state index contributed by atoms with van der Waals surface area (Å²) >= 11 is 0. The molecule has 1 aliphatic carbocycles. The van der Waals surface area contributed by atoms with Crippen molar-refractivity contribution in [1.82, 2.24) is 4.90 Å². The van der Waals surface area contributed by atoms with Crippen molar-refractivity contribution in [2.75, 3.05) is 27.7 Å². The molecule has 3 atom stereocenters. The Bertz CT molecular complexity index is 409. The van der Waals surface area contributed by atoms with Crippen molar-refractivity contribution in [2.24, 2.45) is 5.92 Å². The number of hydrogen-bond acceptors (Lipinski definition) is 4. The number of hydrogen-bond donors (Lipinski definition) is 2. The molecular weight excluding hydrogens is 290 g/mol. The summed E-state index contributed by atoms with van der Waals surface area (Å²) in [6, 6.07) is 7.96. The molecule has 0 aromatic heterocycles. The molecule has 0 bridgehead atoms. The van der Waals surface area contributed by atoms with E-state index in [-0.39, 0.29) is 12.2 Å². The zero-order valence-electron chi connectivity index (χ0n) is 15.6. The second kappa shape index (κ2) is 12.3. The summed E-state index contributed by atoms with van der Waals surface area (Å²) in [7, 11) is 5.70. The lowest BCUT2D eigenvalue weighted by Crippen LogP contribution is -2.37. The second-order valence-electron chi connectivity index (χ2n) is 6.08. The number of benzene rings is 1. The number of aryl methyl sites for hydroxylation is 1. The van der Waals surface area contributed by atoms with E-state index in [1.54, 1.807) is 7.11 Å². The highest BCUT2D eigenvalue weighted by molar-refractivity contribution is 5.27. The van der Waals surface area contributed by atoms with Gasteiger partial charge in [-0.3, -0.25) is 0 Å². The van der Waals surface area contributed by atoms with Crippen LogP contribution in [0.3, 0.4) is 0 Å². The van der Waals surface area contributed by atoms with E-state index in [1.807, 2.05) is 59.1 Å². The Morgan fingerprint density at radius 1 is 1.17 bits per heavy atom. The minimum absolute atomic E-state index is 0.279. The molecule has 1 fully saturated rings. The van der Waals surface area contributed by atoms with Crippen LogP contribution in [0.2, 0.25) is 0 Å². The smallest absolute Gasteiger partial charge is 0.119 e. The molecular formula is C19H35NO3. The molecule has 1 saturated carbocycles. The third-order valence-corrected chi connectivity index (χ3v) is 3.75. The van der Waals surface area contributed by atoms with Crippen LogP contribution in [0.25, 0.3) is 0 Å². The van der Waals surface area contributed by atoms with Crippen LogP contribution >= 0.6 is 0 Å². The van der Waals surface area contributed by atoms with Gasteiger partial charge in [-0.05, 0) is 63.9 Å². The summed E-state index contributed by atoms with van der Waals surface area (Å²) in [5, 5.41) is 18.9. The number of rotatable bonds is 3. The summed E-state index contributed by atoms with van der Waals surface area (Å²) in [5.74, 6) is 1.28. The van der Waals surface area contributed by atoms with E-state index in [1.165, 1.54) is 5.56 Å². The van der Waals surface area contributed by atoms with Crippen molar-refractivity contribution in [3.63, 3.8) is 0 Å². The van der Waals surface area contributed by atoms with E-state index in [2.05, 4.69) is 4.90 Å². The number of aliphatic hydroxyl groups is 2.